The quantitative estimate of drug-likeness (QED) is 0.329. The molecule has 0 aliphatic carbocycles. The van der Waals surface area contributed by atoms with Crippen LogP contribution in [0.2, 0.25) is 5.02 Å². The highest BCUT2D eigenvalue weighted by Gasteiger charge is 2.24. The topological polar surface area (TPSA) is 94.0 Å². The van der Waals surface area contributed by atoms with Gasteiger partial charge in [0.15, 0.2) is 0 Å². The molecule has 1 unspecified atom stereocenters. The van der Waals surface area contributed by atoms with E-state index in [2.05, 4.69) is 34.0 Å². The van der Waals surface area contributed by atoms with Crippen LogP contribution in [0.1, 0.15) is 34.2 Å². The molecular formula is C30H28ClN7O. The maximum atomic E-state index is 10.1. The van der Waals surface area contributed by atoms with Gasteiger partial charge < -0.3 is 19.1 Å². The van der Waals surface area contributed by atoms with Crippen LogP contribution in [0.3, 0.4) is 0 Å². The summed E-state index contributed by atoms with van der Waals surface area (Å²) in [6.07, 6.45) is 3.07. The molecule has 39 heavy (non-hydrogen) atoms. The Kier molecular flexibility index (Phi) is 7.90. The van der Waals surface area contributed by atoms with E-state index >= 15 is 0 Å². The number of aryl methyl sites for hydroxylation is 1. The van der Waals surface area contributed by atoms with Crippen molar-refractivity contribution in [1.29, 1.82) is 10.5 Å². The van der Waals surface area contributed by atoms with Gasteiger partial charge in [-0.05, 0) is 48.5 Å². The van der Waals surface area contributed by atoms with Crippen LogP contribution in [-0.2, 0) is 18.4 Å². The summed E-state index contributed by atoms with van der Waals surface area (Å²) in [5, 5.41) is 19.9. The maximum absolute atomic E-state index is 10.1. The molecule has 0 saturated carbocycles. The molecule has 2 aromatic heterocycles. The highest BCUT2D eigenvalue weighted by atomic mass is 35.5. The molecule has 4 aromatic rings. The molecule has 1 fully saturated rings. The van der Waals surface area contributed by atoms with E-state index in [0.29, 0.717) is 27.7 Å². The molecule has 0 radical (unpaired) electrons. The molecular weight excluding hydrogens is 510 g/mol. The molecule has 1 atom stereocenters. The predicted octanol–water partition coefficient (Wildman–Crippen LogP) is 4.94. The smallest absolute Gasteiger partial charge is 0.147 e. The van der Waals surface area contributed by atoms with Gasteiger partial charge in [-0.15, -0.1) is 0 Å². The molecule has 8 nitrogen and oxygen atoms in total. The Balaban J connectivity index is 1.56. The lowest BCUT2D eigenvalue weighted by Gasteiger charge is -2.34. The van der Waals surface area contributed by atoms with Crippen LogP contribution in [0.15, 0.2) is 67.1 Å². The Labute approximate surface area is 233 Å². The van der Waals surface area contributed by atoms with E-state index in [9.17, 15) is 10.5 Å². The Morgan fingerprint density at radius 1 is 1.00 bits per heavy atom. The number of anilines is 1. The lowest BCUT2D eigenvalue weighted by Crippen LogP contribution is -2.45. The maximum Gasteiger partial charge on any atom is 0.147 e. The average molecular weight is 538 g/mol. The number of rotatable bonds is 7. The Bertz CT molecular complexity index is 1540. The third kappa shape index (κ3) is 5.79. The van der Waals surface area contributed by atoms with Crippen LogP contribution in [-0.4, -0.2) is 52.7 Å². The van der Waals surface area contributed by atoms with Gasteiger partial charge in [-0.25, -0.2) is 9.97 Å². The van der Waals surface area contributed by atoms with Crippen molar-refractivity contribution in [2.45, 2.75) is 12.7 Å². The first-order valence-corrected chi connectivity index (χ1v) is 13.1. The number of likely N-dealkylation sites (N-methyl/N-ethyl adjacent to an activating group) is 1. The fourth-order valence-electron chi connectivity index (χ4n) is 4.77. The summed E-state index contributed by atoms with van der Waals surface area (Å²) in [4.78, 5) is 13.8. The lowest BCUT2D eigenvalue weighted by atomic mass is 10.0. The zero-order valence-corrected chi connectivity index (χ0v) is 22.6. The van der Waals surface area contributed by atoms with Crippen molar-refractivity contribution in [1.82, 2.24) is 19.4 Å². The van der Waals surface area contributed by atoms with E-state index in [-0.39, 0.29) is 6.61 Å². The molecule has 5 rings (SSSR count). The van der Waals surface area contributed by atoms with E-state index in [4.69, 9.17) is 21.3 Å². The zero-order chi connectivity index (χ0) is 27.4. The van der Waals surface area contributed by atoms with Crippen molar-refractivity contribution in [3.05, 3.63) is 100 Å². The van der Waals surface area contributed by atoms with Crippen molar-refractivity contribution < 1.29 is 4.74 Å². The predicted molar refractivity (Wildman–Crippen MR) is 150 cm³/mol. The largest absolute Gasteiger partial charge is 0.361 e. The third-order valence-electron chi connectivity index (χ3n) is 6.99. The van der Waals surface area contributed by atoms with Gasteiger partial charge in [0.2, 0.25) is 0 Å². The Morgan fingerprint density at radius 3 is 2.41 bits per heavy atom. The minimum atomic E-state index is -0.443. The van der Waals surface area contributed by atoms with Crippen LogP contribution in [0.5, 0.6) is 0 Å². The van der Waals surface area contributed by atoms with E-state index in [1.165, 1.54) is 0 Å². The van der Waals surface area contributed by atoms with Gasteiger partial charge in [0.1, 0.15) is 18.0 Å². The molecule has 0 bridgehead atoms. The average Bonchev–Trinajstić information content (AvgIpc) is 3.39. The standard InChI is InChI=1S/C30H28ClN7O/c1-36-10-12-38(13-11-36)30-24(17-33)15-26(23-4-3-5-25(31)14-23)27(35-30)19-39-29(28-18-34-20-37(28)2)22-8-6-21(16-32)7-9-22/h3-9,14-15,18,20,29H,10-13,19H2,1-2H3. The second kappa shape index (κ2) is 11.7. The number of benzene rings is 2. The first kappa shape index (κ1) is 26.4. The fourth-order valence-corrected chi connectivity index (χ4v) is 4.96. The summed E-state index contributed by atoms with van der Waals surface area (Å²) in [6.45, 7) is 3.56. The van der Waals surface area contributed by atoms with Gasteiger partial charge in [0, 0.05) is 43.8 Å². The zero-order valence-electron chi connectivity index (χ0n) is 21.9. The van der Waals surface area contributed by atoms with Gasteiger partial charge in [0.05, 0.1) is 47.7 Å². The number of hydrogen-bond acceptors (Lipinski definition) is 7. The molecule has 1 saturated heterocycles. The van der Waals surface area contributed by atoms with Gasteiger partial charge in [0.25, 0.3) is 0 Å². The summed E-state index contributed by atoms with van der Waals surface area (Å²) >= 11 is 6.34. The number of pyridine rings is 1. The van der Waals surface area contributed by atoms with E-state index < -0.39 is 6.10 Å². The highest BCUT2D eigenvalue weighted by Crippen LogP contribution is 2.33. The van der Waals surface area contributed by atoms with Crippen LogP contribution in [0.4, 0.5) is 5.82 Å². The molecule has 1 aliphatic heterocycles. The summed E-state index contributed by atoms with van der Waals surface area (Å²) in [5.41, 5.74) is 5.25. The third-order valence-corrected chi connectivity index (χ3v) is 7.23. The molecule has 0 N–H and O–H groups in total. The van der Waals surface area contributed by atoms with Crippen LogP contribution in [0, 0.1) is 22.7 Å². The summed E-state index contributed by atoms with van der Waals surface area (Å²) < 4.78 is 8.51. The summed E-state index contributed by atoms with van der Waals surface area (Å²) in [5.74, 6) is 0.672. The van der Waals surface area contributed by atoms with Crippen molar-refractivity contribution in [2.24, 2.45) is 7.05 Å². The fraction of sp³-hybridized carbons (Fsp3) is 0.267. The number of hydrogen-bond donors (Lipinski definition) is 0. The minimum Gasteiger partial charge on any atom is -0.361 e. The Morgan fingerprint density at radius 2 is 1.77 bits per heavy atom. The second-order valence-corrected chi connectivity index (χ2v) is 10.1. The van der Waals surface area contributed by atoms with Gasteiger partial charge in [-0.3, -0.25) is 0 Å². The van der Waals surface area contributed by atoms with E-state index in [0.717, 1.165) is 48.6 Å². The molecule has 0 spiro atoms. The first-order valence-electron chi connectivity index (χ1n) is 12.7. The van der Waals surface area contributed by atoms with Crippen LogP contribution in [0.25, 0.3) is 11.1 Å². The molecule has 1 aliphatic rings. The molecule has 196 valence electrons. The van der Waals surface area contributed by atoms with Gasteiger partial charge in [-0.1, -0.05) is 35.9 Å². The second-order valence-electron chi connectivity index (χ2n) is 9.62. The molecule has 9 heteroatoms. The number of ether oxygens (including phenoxy) is 1. The highest BCUT2D eigenvalue weighted by molar-refractivity contribution is 6.30. The molecule has 3 heterocycles. The SMILES string of the molecule is CN1CCN(c2nc(COC(c3ccc(C#N)cc3)c3cncn3C)c(-c3cccc(Cl)c3)cc2C#N)CC1. The van der Waals surface area contributed by atoms with Gasteiger partial charge in [-0.2, -0.15) is 10.5 Å². The van der Waals surface area contributed by atoms with E-state index in [1.807, 2.05) is 54.1 Å². The van der Waals surface area contributed by atoms with Crippen LogP contribution >= 0.6 is 11.6 Å². The van der Waals surface area contributed by atoms with Crippen molar-refractivity contribution in [2.75, 3.05) is 38.1 Å². The summed E-state index contributed by atoms with van der Waals surface area (Å²) in [7, 11) is 4.02. The summed E-state index contributed by atoms with van der Waals surface area (Å²) in [6, 6.07) is 21.3. The van der Waals surface area contributed by atoms with Crippen molar-refractivity contribution in [3.8, 4) is 23.3 Å². The van der Waals surface area contributed by atoms with Crippen LogP contribution < -0.4 is 4.90 Å². The normalized spacial score (nSPS) is 14.5. The number of aromatic nitrogens is 3. The van der Waals surface area contributed by atoms with E-state index in [1.54, 1.807) is 24.7 Å². The van der Waals surface area contributed by atoms with Gasteiger partial charge >= 0.3 is 0 Å². The minimum absolute atomic E-state index is 0.185. The lowest BCUT2D eigenvalue weighted by molar-refractivity contribution is 0.0604. The Hall–Kier alpha value is -4.21. The molecule has 2 aromatic carbocycles. The number of nitriles is 2. The first-order chi connectivity index (χ1) is 19.0. The number of piperazine rings is 1. The number of nitrogens with zero attached hydrogens (tertiary/aromatic N) is 7. The monoisotopic (exact) mass is 537 g/mol. The molecule has 0 amide bonds. The number of imidazole rings is 1. The number of halogens is 1. The van der Waals surface area contributed by atoms with Crippen molar-refractivity contribution >= 4 is 17.4 Å². The van der Waals surface area contributed by atoms with Crippen molar-refractivity contribution in [3.63, 3.8) is 0 Å².